The number of anilines is 1. The summed E-state index contributed by atoms with van der Waals surface area (Å²) in [7, 11) is 1.51. The van der Waals surface area contributed by atoms with Crippen molar-refractivity contribution in [2.45, 2.75) is 31.5 Å². The van der Waals surface area contributed by atoms with E-state index in [0.717, 1.165) is 41.8 Å². The lowest BCUT2D eigenvalue weighted by molar-refractivity contribution is -0.384. The summed E-state index contributed by atoms with van der Waals surface area (Å²) in [6, 6.07) is 4.59. The summed E-state index contributed by atoms with van der Waals surface area (Å²) in [4.78, 5) is 16.4. The average molecular weight is 401 g/mol. The van der Waals surface area contributed by atoms with E-state index in [4.69, 9.17) is 4.74 Å². The van der Waals surface area contributed by atoms with Gasteiger partial charge in [-0.15, -0.1) is 11.3 Å². The van der Waals surface area contributed by atoms with Crippen molar-refractivity contribution >= 4 is 22.7 Å². The molecule has 1 aliphatic rings. The number of hydrogen-bond donors (Lipinski definition) is 0. The first-order chi connectivity index (χ1) is 12.8. The molecule has 0 radical (unpaired) electrons. The summed E-state index contributed by atoms with van der Waals surface area (Å²) in [6.45, 7) is 1.45. The van der Waals surface area contributed by atoms with Crippen LogP contribution < -0.4 is 4.90 Å². The van der Waals surface area contributed by atoms with E-state index in [2.05, 4.69) is 4.98 Å². The van der Waals surface area contributed by atoms with Crippen LogP contribution in [0.4, 0.5) is 24.5 Å². The minimum atomic E-state index is -4.44. The van der Waals surface area contributed by atoms with E-state index in [1.54, 1.807) is 6.07 Å². The third kappa shape index (κ3) is 4.38. The van der Waals surface area contributed by atoms with Crippen LogP contribution in [0.2, 0.25) is 0 Å². The number of ether oxygens (including phenoxy) is 1. The lowest BCUT2D eigenvalue weighted by Crippen LogP contribution is -2.35. The van der Waals surface area contributed by atoms with Gasteiger partial charge in [-0.3, -0.25) is 10.1 Å². The number of halogens is 3. The molecule has 1 aliphatic heterocycles. The summed E-state index contributed by atoms with van der Waals surface area (Å²) >= 11 is 1.03. The predicted molar refractivity (Wildman–Crippen MR) is 95.1 cm³/mol. The summed E-state index contributed by atoms with van der Waals surface area (Å²) in [5.74, 6) is -0.106. The predicted octanol–water partition coefficient (Wildman–Crippen LogP) is 4.60. The molecule has 0 saturated carbocycles. The molecule has 0 aliphatic carbocycles. The third-order valence-electron chi connectivity index (χ3n) is 4.50. The number of non-ortho nitro benzene ring substituents is 1. The second-order valence-corrected chi connectivity index (χ2v) is 7.25. The molecule has 0 bridgehead atoms. The SMILES string of the molecule is COCc1cc([N+](=O)[O-])ccc1N1CCCC(c2nc(C(F)(F)F)cs2)C1. The summed E-state index contributed by atoms with van der Waals surface area (Å²) in [5.41, 5.74) is 0.617. The quantitative estimate of drug-likeness (QED) is 0.541. The van der Waals surface area contributed by atoms with Crippen molar-refractivity contribution in [3.63, 3.8) is 0 Å². The highest BCUT2D eigenvalue weighted by atomic mass is 32.1. The monoisotopic (exact) mass is 401 g/mol. The lowest BCUT2D eigenvalue weighted by atomic mass is 9.97. The maximum absolute atomic E-state index is 12.8. The van der Waals surface area contributed by atoms with Crippen LogP contribution in [0.1, 0.15) is 35.0 Å². The van der Waals surface area contributed by atoms with Crippen molar-refractivity contribution in [3.05, 3.63) is 50.0 Å². The zero-order chi connectivity index (χ0) is 19.6. The van der Waals surface area contributed by atoms with Crippen LogP contribution >= 0.6 is 11.3 Å². The van der Waals surface area contributed by atoms with Gasteiger partial charge in [-0.1, -0.05) is 0 Å². The van der Waals surface area contributed by atoms with E-state index in [1.807, 2.05) is 4.90 Å². The molecule has 10 heteroatoms. The smallest absolute Gasteiger partial charge is 0.380 e. The largest absolute Gasteiger partial charge is 0.434 e. The van der Waals surface area contributed by atoms with Gasteiger partial charge < -0.3 is 9.64 Å². The Labute approximate surface area is 157 Å². The average Bonchev–Trinajstić information content (AvgIpc) is 3.12. The number of piperidine rings is 1. The molecular weight excluding hydrogens is 383 g/mol. The van der Waals surface area contributed by atoms with Crippen molar-refractivity contribution in [2.24, 2.45) is 0 Å². The molecule has 6 nitrogen and oxygen atoms in total. The molecule has 1 aromatic carbocycles. The van der Waals surface area contributed by atoms with Gasteiger partial charge in [-0.05, 0) is 18.9 Å². The Bertz CT molecular complexity index is 825. The van der Waals surface area contributed by atoms with E-state index in [0.29, 0.717) is 17.1 Å². The fourth-order valence-electron chi connectivity index (χ4n) is 3.27. The maximum Gasteiger partial charge on any atom is 0.434 e. The number of nitro benzene ring substituents is 1. The number of hydrogen-bond acceptors (Lipinski definition) is 6. The third-order valence-corrected chi connectivity index (χ3v) is 5.50. The first-order valence-electron chi connectivity index (χ1n) is 8.33. The van der Waals surface area contributed by atoms with Crippen molar-refractivity contribution in [2.75, 3.05) is 25.1 Å². The Morgan fingerprint density at radius 3 is 2.85 bits per heavy atom. The number of rotatable bonds is 5. The van der Waals surface area contributed by atoms with Gasteiger partial charge in [-0.25, -0.2) is 4.98 Å². The number of aromatic nitrogens is 1. The summed E-state index contributed by atoms with van der Waals surface area (Å²) in [6.07, 6.45) is -2.88. The van der Waals surface area contributed by atoms with Crippen LogP contribution in [0.25, 0.3) is 0 Å². The molecule has 0 N–H and O–H groups in total. The Kier molecular flexibility index (Phi) is 5.66. The highest BCUT2D eigenvalue weighted by Crippen LogP contribution is 2.37. The zero-order valence-corrected chi connectivity index (χ0v) is 15.3. The molecular formula is C17H18F3N3O3S. The Morgan fingerprint density at radius 2 is 2.22 bits per heavy atom. The van der Waals surface area contributed by atoms with Crippen LogP contribution in [0.3, 0.4) is 0 Å². The molecule has 146 valence electrons. The molecule has 1 fully saturated rings. The fourth-order valence-corrected chi connectivity index (χ4v) is 4.22. The first kappa shape index (κ1) is 19.6. The molecule has 2 aromatic rings. The van der Waals surface area contributed by atoms with Gasteiger partial charge in [0.15, 0.2) is 5.69 Å². The molecule has 0 spiro atoms. The van der Waals surface area contributed by atoms with E-state index < -0.39 is 16.8 Å². The molecule has 3 rings (SSSR count). The van der Waals surface area contributed by atoms with Gasteiger partial charge in [0.25, 0.3) is 5.69 Å². The van der Waals surface area contributed by atoms with Gasteiger partial charge >= 0.3 is 6.18 Å². The van der Waals surface area contributed by atoms with Crippen molar-refractivity contribution in [1.82, 2.24) is 4.98 Å². The Hall–Kier alpha value is -2.20. The van der Waals surface area contributed by atoms with Crippen molar-refractivity contribution in [3.8, 4) is 0 Å². The van der Waals surface area contributed by atoms with Crippen molar-refractivity contribution < 1.29 is 22.8 Å². The van der Waals surface area contributed by atoms with Crippen LogP contribution in [0.15, 0.2) is 23.6 Å². The van der Waals surface area contributed by atoms with Crippen molar-refractivity contribution in [1.29, 1.82) is 0 Å². The Balaban J connectivity index is 1.83. The van der Waals surface area contributed by atoms with Gasteiger partial charge in [0.2, 0.25) is 0 Å². The van der Waals surface area contributed by atoms with Crippen LogP contribution in [-0.4, -0.2) is 30.1 Å². The first-order valence-corrected chi connectivity index (χ1v) is 9.21. The number of nitro groups is 1. The number of nitrogens with zero attached hydrogens (tertiary/aromatic N) is 3. The number of methoxy groups -OCH3 is 1. The number of thiazole rings is 1. The summed E-state index contributed by atoms with van der Waals surface area (Å²) in [5, 5.41) is 12.5. The van der Waals surface area contributed by atoms with E-state index in [-0.39, 0.29) is 18.2 Å². The maximum atomic E-state index is 12.8. The zero-order valence-electron chi connectivity index (χ0n) is 14.5. The topological polar surface area (TPSA) is 68.5 Å². The minimum absolute atomic E-state index is 0.0194. The number of alkyl halides is 3. The molecule has 0 amide bonds. The normalized spacial score (nSPS) is 17.9. The standard InChI is InChI=1S/C17H18F3N3O3S/c1-26-9-12-7-13(23(24)25)4-5-14(12)22-6-2-3-11(8-22)16-21-15(10-27-16)17(18,19)20/h4-5,7,10-11H,2-3,6,8-9H2,1H3. The molecule has 1 unspecified atom stereocenters. The minimum Gasteiger partial charge on any atom is -0.380 e. The lowest BCUT2D eigenvalue weighted by Gasteiger charge is -2.34. The van der Waals surface area contributed by atoms with E-state index in [1.165, 1.54) is 19.2 Å². The second kappa shape index (κ2) is 7.81. The highest BCUT2D eigenvalue weighted by Gasteiger charge is 2.35. The molecule has 1 atom stereocenters. The molecule has 2 heterocycles. The van der Waals surface area contributed by atoms with Crippen LogP contribution in [-0.2, 0) is 17.5 Å². The van der Waals surface area contributed by atoms with Gasteiger partial charge in [0.05, 0.1) is 16.5 Å². The second-order valence-electron chi connectivity index (χ2n) is 6.36. The van der Waals surface area contributed by atoms with Crippen LogP contribution in [0, 0.1) is 10.1 Å². The molecule has 27 heavy (non-hydrogen) atoms. The van der Waals surface area contributed by atoms with Crippen LogP contribution in [0.5, 0.6) is 0 Å². The van der Waals surface area contributed by atoms with Gasteiger partial charge in [0, 0.05) is 54.9 Å². The van der Waals surface area contributed by atoms with Gasteiger partial charge in [0.1, 0.15) is 0 Å². The number of benzene rings is 1. The van der Waals surface area contributed by atoms with Gasteiger partial charge in [-0.2, -0.15) is 13.2 Å². The van der Waals surface area contributed by atoms with E-state index >= 15 is 0 Å². The van der Waals surface area contributed by atoms with E-state index in [9.17, 15) is 23.3 Å². The Morgan fingerprint density at radius 1 is 1.44 bits per heavy atom. The fraction of sp³-hybridized carbons (Fsp3) is 0.471. The molecule has 1 aromatic heterocycles. The summed E-state index contributed by atoms with van der Waals surface area (Å²) < 4.78 is 43.6. The molecule has 1 saturated heterocycles. The highest BCUT2D eigenvalue weighted by molar-refractivity contribution is 7.09.